The number of hydrogen-bond acceptors (Lipinski definition) is 1. The number of benzene rings is 1. The summed E-state index contributed by atoms with van der Waals surface area (Å²) in [5.74, 6) is 0.882. The van der Waals surface area contributed by atoms with Crippen molar-refractivity contribution >= 4 is 5.91 Å². The molecule has 1 aliphatic carbocycles. The molecule has 2 heteroatoms. The number of carbonyl (C=O) groups excluding carboxylic acids is 1. The number of hydrogen-bond donors (Lipinski definition) is 0. The van der Waals surface area contributed by atoms with Gasteiger partial charge in [-0.05, 0) is 50.2 Å². The third kappa shape index (κ3) is 3.84. The number of nitrogens with zero attached hydrogens (tertiary/aromatic N) is 1. The van der Waals surface area contributed by atoms with Gasteiger partial charge < -0.3 is 4.90 Å². The monoisotopic (exact) mass is 273 g/mol. The lowest BCUT2D eigenvalue weighted by molar-refractivity contribution is -0.133. The lowest BCUT2D eigenvalue weighted by atomic mass is 10.00. The molecule has 1 fully saturated rings. The summed E-state index contributed by atoms with van der Waals surface area (Å²) >= 11 is 0. The highest BCUT2D eigenvalue weighted by Crippen LogP contribution is 2.29. The Labute approximate surface area is 123 Å². The van der Waals surface area contributed by atoms with E-state index < -0.39 is 0 Å². The topological polar surface area (TPSA) is 20.3 Å². The maximum absolute atomic E-state index is 12.3. The first-order chi connectivity index (χ1) is 9.49. The summed E-state index contributed by atoms with van der Waals surface area (Å²) in [4.78, 5) is 14.4. The zero-order valence-electron chi connectivity index (χ0n) is 13.2. The second-order valence-corrected chi connectivity index (χ2v) is 6.52. The molecule has 0 aliphatic heterocycles. The third-order valence-corrected chi connectivity index (χ3v) is 4.06. The molecule has 0 spiro atoms. The molecular formula is C18H27NO. The maximum Gasteiger partial charge on any atom is 0.223 e. The van der Waals surface area contributed by atoms with Crippen LogP contribution in [0.5, 0.6) is 0 Å². The fourth-order valence-electron chi connectivity index (χ4n) is 2.72. The molecule has 0 N–H and O–H groups in total. The maximum atomic E-state index is 12.3. The van der Waals surface area contributed by atoms with Gasteiger partial charge in [-0.3, -0.25) is 4.79 Å². The van der Waals surface area contributed by atoms with E-state index in [9.17, 15) is 4.79 Å². The highest BCUT2D eigenvalue weighted by Gasteiger charge is 2.33. The molecule has 20 heavy (non-hydrogen) atoms. The van der Waals surface area contributed by atoms with Gasteiger partial charge >= 0.3 is 0 Å². The number of rotatable bonds is 6. The SMILES string of the molecule is CC(C)c1ccc(CCC(=O)N(C(C)C)C2CC2)cc1. The Bertz CT molecular complexity index is 441. The highest BCUT2D eigenvalue weighted by atomic mass is 16.2. The van der Waals surface area contributed by atoms with Crippen LogP contribution in [0.15, 0.2) is 24.3 Å². The summed E-state index contributed by atoms with van der Waals surface area (Å²) < 4.78 is 0. The molecule has 0 bridgehead atoms. The molecule has 1 amide bonds. The molecule has 0 aromatic heterocycles. The predicted octanol–water partition coefficient (Wildman–Crippen LogP) is 4.14. The minimum Gasteiger partial charge on any atom is -0.337 e. The summed E-state index contributed by atoms with van der Waals surface area (Å²) in [6.45, 7) is 8.64. The molecule has 0 atom stereocenters. The zero-order chi connectivity index (χ0) is 14.7. The minimum atomic E-state index is 0.315. The summed E-state index contributed by atoms with van der Waals surface area (Å²) in [5, 5.41) is 0. The van der Waals surface area contributed by atoms with Crippen LogP contribution in [-0.4, -0.2) is 22.9 Å². The van der Waals surface area contributed by atoms with E-state index in [0.717, 1.165) is 6.42 Å². The first-order valence-electron chi connectivity index (χ1n) is 7.89. The van der Waals surface area contributed by atoms with Crippen LogP contribution in [0.4, 0.5) is 0 Å². The van der Waals surface area contributed by atoms with Crippen molar-refractivity contribution in [1.29, 1.82) is 0 Å². The molecule has 0 radical (unpaired) electrons. The second kappa shape index (κ2) is 6.43. The number of aryl methyl sites for hydroxylation is 1. The summed E-state index contributed by atoms with van der Waals surface area (Å²) in [7, 11) is 0. The van der Waals surface area contributed by atoms with Gasteiger partial charge in [0.15, 0.2) is 0 Å². The smallest absolute Gasteiger partial charge is 0.223 e. The van der Waals surface area contributed by atoms with Gasteiger partial charge in [0.2, 0.25) is 5.91 Å². The van der Waals surface area contributed by atoms with Gasteiger partial charge in [-0.25, -0.2) is 0 Å². The van der Waals surface area contributed by atoms with Crippen LogP contribution in [0.1, 0.15) is 64.0 Å². The average Bonchev–Trinajstić information content (AvgIpc) is 3.21. The van der Waals surface area contributed by atoms with Crippen molar-refractivity contribution in [2.75, 3.05) is 0 Å². The highest BCUT2D eigenvalue weighted by molar-refractivity contribution is 5.77. The lowest BCUT2D eigenvalue weighted by Crippen LogP contribution is -2.38. The summed E-state index contributed by atoms with van der Waals surface area (Å²) in [6, 6.07) is 9.56. The lowest BCUT2D eigenvalue weighted by Gasteiger charge is -2.26. The molecule has 1 aromatic carbocycles. The zero-order valence-corrected chi connectivity index (χ0v) is 13.2. The Morgan fingerprint density at radius 3 is 2.20 bits per heavy atom. The number of amides is 1. The van der Waals surface area contributed by atoms with Crippen molar-refractivity contribution in [3.8, 4) is 0 Å². The van der Waals surface area contributed by atoms with Crippen LogP contribution in [0, 0.1) is 0 Å². The molecule has 0 saturated heterocycles. The van der Waals surface area contributed by atoms with Gasteiger partial charge in [0.25, 0.3) is 0 Å². The van der Waals surface area contributed by atoms with Gasteiger partial charge in [-0.15, -0.1) is 0 Å². The van der Waals surface area contributed by atoms with Gasteiger partial charge in [-0.1, -0.05) is 38.1 Å². The van der Waals surface area contributed by atoms with Crippen molar-refractivity contribution in [3.05, 3.63) is 35.4 Å². The Morgan fingerprint density at radius 2 is 1.75 bits per heavy atom. The molecule has 1 aliphatic rings. The van der Waals surface area contributed by atoms with Gasteiger partial charge in [0, 0.05) is 18.5 Å². The van der Waals surface area contributed by atoms with E-state index in [2.05, 4.69) is 56.9 Å². The molecule has 1 aromatic rings. The van der Waals surface area contributed by atoms with E-state index in [1.54, 1.807) is 0 Å². The Balaban J connectivity index is 1.89. The summed E-state index contributed by atoms with van der Waals surface area (Å²) in [5.41, 5.74) is 2.63. The van der Waals surface area contributed by atoms with Crippen molar-refractivity contribution < 1.29 is 4.79 Å². The van der Waals surface area contributed by atoms with E-state index >= 15 is 0 Å². The van der Waals surface area contributed by atoms with Crippen molar-refractivity contribution in [2.45, 2.75) is 71.4 Å². The fourth-order valence-corrected chi connectivity index (χ4v) is 2.72. The van der Waals surface area contributed by atoms with E-state index in [4.69, 9.17) is 0 Å². The van der Waals surface area contributed by atoms with E-state index in [0.29, 0.717) is 30.3 Å². The van der Waals surface area contributed by atoms with Crippen LogP contribution in [0.3, 0.4) is 0 Å². The molecule has 1 saturated carbocycles. The van der Waals surface area contributed by atoms with Gasteiger partial charge in [0.1, 0.15) is 0 Å². The van der Waals surface area contributed by atoms with E-state index in [1.807, 2.05) is 0 Å². The van der Waals surface area contributed by atoms with Crippen molar-refractivity contribution in [2.24, 2.45) is 0 Å². The molecular weight excluding hydrogens is 246 g/mol. The van der Waals surface area contributed by atoms with Crippen molar-refractivity contribution in [3.63, 3.8) is 0 Å². The summed E-state index contributed by atoms with van der Waals surface area (Å²) in [6.07, 6.45) is 3.86. The Hall–Kier alpha value is -1.31. The Morgan fingerprint density at radius 1 is 1.15 bits per heavy atom. The first kappa shape index (κ1) is 15.1. The van der Waals surface area contributed by atoms with Gasteiger partial charge in [-0.2, -0.15) is 0 Å². The molecule has 2 nitrogen and oxygen atoms in total. The van der Waals surface area contributed by atoms with Crippen LogP contribution in [0.25, 0.3) is 0 Å². The minimum absolute atomic E-state index is 0.315. The third-order valence-electron chi connectivity index (χ3n) is 4.06. The Kier molecular flexibility index (Phi) is 4.85. The predicted molar refractivity (Wildman–Crippen MR) is 83.9 cm³/mol. The quantitative estimate of drug-likeness (QED) is 0.762. The first-order valence-corrected chi connectivity index (χ1v) is 7.89. The standard InChI is InChI=1S/C18H27NO/c1-13(2)16-8-5-15(6-9-16)7-12-18(20)19(14(3)4)17-10-11-17/h5-6,8-9,13-14,17H,7,10-12H2,1-4H3. The molecule has 0 heterocycles. The van der Waals surface area contributed by atoms with E-state index in [-0.39, 0.29) is 0 Å². The van der Waals surface area contributed by atoms with Crippen LogP contribution < -0.4 is 0 Å². The van der Waals surface area contributed by atoms with Crippen LogP contribution >= 0.6 is 0 Å². The molecule has 110 valence electrons. The number of carbonyl (C=O) groups is 1. The fraction of sp³-hybridized carbons (Fsp3) is 0.611. The van der Waals surface area contributed by atoms with E-state index in [1.165, 1.54) is 24.0 Å². The second-order valence-electron chi connectivity index (χ2n) is 6.52. The van der Waals surface area contributed by atoms with Crippen LogP contribution in [-0.2, 0) is 11.2 Å². The largest absolute Gasteiger partial charge is 0.337 e. The van der Waals surface area contributed by atoms with Crippen LogP contribution in [0.2, 0.25) is 0 Å². The molecule has 0 unspecified atom stereocenters. The average molecular weight is 273 g/mol. The van der Waals surface area contributed by atoms with Crippen molar-refractivity contribution in [1.82, 2.24) is 4.90 Å². The molecule has 2 rings (SSSR count). The van der Waals surface area contributed by atoms with Gasteiger partial charge in [0.05, 0.1) is 0 Å². The normalized spacial score (nSPS) is 14.9.